The number of hydrogen-bond acceptors (Lipinski definition) is 5. The van der Waals surface area contributed by atoms with Crippen LogP contribution < -0.4 is 9.47 Å². The number of rotatable bonds is 9. The Kier molecular flexibility index (Phi) is 8.20. The number of aryl methyl sites for hydroxylation is 1. The molecule has 3 aromatic rings. The van der Waals surface area contributed by atoms with Crippen LogP contribution in [0.5, 0.6) is 11.6 Å². The Labute approximate surface area is 254 Å². The van der Waals surface area contributed by atoms with Gasteiger partial charge in [0.25, 0.3) is 0 Å². The number of carboxylic acid groups (broad SMARTS) is 1. The van der Waals surface area contributed by atoms with Gasteiger partial charge in [0.2, 0.25) is 5.88 Å². The normalized spacial score (nSPS) is 21.4. The first-order valence-corrected chi connectivity index (χ1v) is 15.7. The first-order chi connectivity index (χ1) is 20.6. The monoisotopic (exact) mass is 586 g/mol. The molecule has 3 atom stereocenters. The van der Waals surface area contributed by atoms with Gasteiger partial charge in [-0.3, -0.25) is 9.69 Å². The molecule has 3 aliphatic rings. The summed E-state index contributed by atoms with van der Waals surface area (Å²) >= 11 is 0. The summed E-state index contributed by atoms with van der Waals surface area (Å²) in [5.41, 5.74) is 6.04. The van der Waals surface area contributed by atoms with E-state index in [1.807, 2.05) is 13.0 Å². The summed E-state index contributed by atoms with van der Waals surface area (Å²) in [6, 6.07) is 14.3. The van der Waals surface area contributed by atoms with E-state index < -0.39 is 11.9 Å². The van der Waals surface area contributed by atoms with E-state index in [-0.39, 0.29) is 17.8 Å². The third-order valence-corrected chi connectivity index (χ3v) is 9.91. The number of hydrogen-bond donors (Lipinski definition) is 1. The van der Waals surface area contributed by atoms with Crippen LogP contribution in [0.15, 0.2) is 48.7 Å². The maximum absolute atomic E-state index is 15.2. The molecular weight excluding hydrogens is 543 g/mol. The molecular formula is C36H43FN2O4. The van der Waals surface area contributed by atoms with Crippen LogP contribution in [0.3, 0.4) is 0 Å². The van der Waals surface area contributed by atoms with E-state index in [4.69, 9.17) is 9.47 Å². The Balaban J connectivity index is 1.31. The molecule has 0 bridgehead atoms. The second-order valence-corrected chi connectivity index (χ2v) is 13.6. The van der Waals surface area contributed by atoms with Gasteiger partial charge in [-0.1, -0.05) is 51.1 Å². The molecule has 1 N–H and O–H groups in total. The van der Waals surface area contributed by atoms with E-state index in [9.17, 15) is 9.90 Å². The molecule has 6 rings (SSSR count). The molecule has 6 nitrogen and oxygen atoms in total. The first-order valence-electron chi connectivity index (χ1n) is 15.7. The molecule has 2 fully saturated rings. The lowest BCUT2D eigenvalue weighted by Crippen LogP contribution is -2.36. The molecule has 43 heavy (non-hydrogen) atoms. The number of ether oxygens (including phenoxy) is 2. The average molecular weight is 587 g/mol. The molecule has 0 unspecified atom stereocenters. The molecule has 1 saturated carbocycles. The highest BCUT2D eigenvalue weighted by Crippen LogP contribution is 2.48. The SMILES string of the molecule is COc1cc(-c2ccc([C@@H]3CCc4ccc([C@H](C5CC5)[C@H](C)C(=O)O)cc4O3)cc2CN2CCC(C)(C)CC2)c(F)cn1. The molecule has 0 radical (unpaired) electrons. The summed E-state index contributed by atoms with van der Waals surface area (Å²) < 4.78 is 27.1. The second kappa shape index (κ2) is 11.9. The Bertz CT molecular complexity index is 1490. The van der Waals surface area contributed by atoms with Crippen LogP contribution in [0.2, 0.25) is 0 Å². The summed E-state index contributed by atoms with van der Waals surface area (Å²) in [6.07, 6.45) is 7.25. The van der Waals surface area contributed by atoms with Crippen LogP contribution in [-0.4, -0.2) is 41.2 Å². The van der Waals surface area contributed by atoms with Gasteiger partial charge in [-0.2, -0.15) is 0 Å². The zero-order valence-corrected chi connectivity index (χ0v) is 25.7. The predicted octanol–water partition coefficient (Wildman–Crippen LogP) is 7.80. The van der Waals surface area contributed by atoms with Gasteiger partial charge in [0.15, 0.2) is 0 Å². The summed E-state index contributed by atoms with van der Waals surface area (Å²) in [5, 5.41) is 9.77. The molecule has 1 aromatic heterocycles. The van der Waals surface area contributed by atoms with Crippen molar-refractivity contribution in [2.45, 2.75) is 77.9 Å². The van der Waals surface area contributed by atoms with Gasteiger partial charge < -0.3 is 14.6 Å². The molecule has 1 aliphatic carbocycles. The second-order valence-electron chi connectivity index (χ2n) is 13.6. The number of aromatic nitrogens is 1. The maximum Gasteiger partial charge on any atom is 0.306 e. The number of halogens is 1. The van der Waals surface area contributed by atoms with Crippen LogP contribution in [0, 0.1) is 23.1 Å². The van der Waals surface area contributed by atoms with Crippen molar-refractivity contribution < 1.29 is 23.8 Å². The van der Waals surface area contributed by atoms with E-state index in [0.717, 1.165) is 91.7 Å². The van der Waals surface area contributed by atoms with Crippen LogP contribution in [0.25, 0.3) is 11.1 Å². The quantitative estimate of drug-likeness (QED) is 0.276. The smallest absolute Gasteiger partial charge is 0.306 e. The van der Waals surface area contributed by atoms with Crippen molar-refractivity contribution in [3.05, 3.63) is 76.7 Å². The van der Waals surface area contributed by atoms with Gasteiger partial charge in [0.1, 0.15) is 17.7 Å². The molecule has 1 saturated heterocycles. The minimum atomic E-state index is -0.749. The maximum atomic E-state index is 15.2. The zero-order chi connectivity index (χ0) is 30.3. The Morgan fingerprint density at radius 2 is 1.88 bits per heavy atom. The number of methoxy groups -OCH3 is 1. The lowest BCUT2D eigenvalue weighted by Gasteiger charge is -2.37. The minimum absolute atomic E-state index is 0.000525. The topological polar surface area (TPSA) is 71.9 Å². The highest BCUT2D eigenvalue weighted by molar-refractivity contribution is 5.71. The van der Waals surface area contributed by atoms with Gasteiger partial charge in [-0.15, -0.1) is 0 Å². The van der Waals surface area contributed by atoms with Gasteiger partial charge in [0.05, 0.1) is 19.2 Å². The summed E-state index contributed by atoms with van der Waals surface area (Å²) in [4.78, 5) is 18.4. The van der Waals surface area contributed by atoms with Crippen LogP contribution >= 0.6 is 0 Å². The molecule has 228 valence electrons. The van der Waals surface area contributed by atoms with Crippen molar-refractivity contribution in [1.29, 1.82) is 0 Å². The number of carbonyl (C=O) groups is 1. The summed E-state index contributed by atoms with van der Waals surface area (Å²) in [7, 11) is 1.54. The number of nitrogens with zero attached hydrogens (tertiary/aromatic N) is 2. The number of piperidine rings is 1. The summed E-state index contributed by atoms with van der Waals surface area (Å²) in [5.74, 6) is 0.104. The van der Waals surface area contributed by atoms with Gasteiger partial charge in [-0.25, -0.2) is 9.37 Å². The van der Waals surface area contributed by atoms with Gasteiger partial charge in [0, 0.05) is 18.2 Å². The fraction of sp³-hybridized carbons (Fsp3) is 0.500. The number of benzene rings is 2. The molecule has 3 heterocycles. The van der Waals surface area contributed by atoms with E-state index in [0.29, 0.717) is 22.8 Å². The van der Waals surface area contributed by atoms with E-state index in [1.165, 1.54) is 6.20 Å². The van der Waals surface area contributed by atoms with E-state index in [2.05, 4.69) is 54.1 Å². The number of pyridine rings is 1. The molecule has 0 spiro atoms. The first kappa shape index (κ1) is 29.6. The number of aliphatic carboxylic acids is 1. The highest BCUT2D eigenvalue weighted by Gasteiger charge is 2.39. The van der Waals surface area contributed by atoms with Crippen molar-refractivity contribution in [1.82, 2.24) is 9.88 Å². The Hall–Kier alpha value is -3.45. The Morgan fingerprint density at radius 1 is 1.12 bits per heavy atom. The summed E-state index contributed by atoms with van der Waals surface area (Å²) in [6.45, 7) is 9.22. The van der Waals surface area contributed by atoms with Gasteiger partial charge >= 0.3 is 5.97 Å². The number of carboxylic acids is 1. The van der Waals surface area contributed by atoms with Crippen LogP contribution in [0.4, 0.5) is 4.39 Å². The predicted molar refractivity (Wildman–Crippen MR) is 165 cm³/mol. The van der Waals surface area contributed by atoms with Crippen molar-refractivity contribution in [2.75, 3.05) is 20.2 Å². The minimum Gasteiger partial charge on any atom is -0.485 e. The van der Waals surface area contributed by atoms with Crippen molar-refractivity contribution in [3.63, 3.8) is 0 Å². The zero-order valence-electron chi connectivity index (χ0n) is 25.7. The fourth-order valence-electron chi connectivity index (χ4n) is 6.91. The number of fused-ring (bicyclic) bond motifs is 1. The average Bonchev–Trinajstić information content (AvgIpc) is 3.83. The van der Waals surface area contributed by atoms with Crippen molar-refractivity contribution in [3.8, 4) is 22.8 Å². The molecule has 2 aliphatic heterocycles. The van der Waals surface area contributed by atoms with E-state index in [1.54, 1.807) is 13.2 Å². The highest BCUT2D eigenvalue weighted by atomic mass is 19.1. The van der Waals surface area contributed by atoms with Crippen LogP contribution in [0.1, 0.15) is 87.2 Å². The molecule has 7 heteroatoms. The van der Waals surface area contributed by atoms with Crippen molar-refractivity contribution in [2.24, 2.45) is 17.3 Å². The number of likely N-dealkylation sites (tertiary alicyclic amines) is 1. The lowest BCUT2D eigenvalue weighted by molar-refractivity contribution is -0.142. The molecule has 0 amide bonds. The lowest BCUT2D eigenvalue weighted by atomic mass is 9.82. The van der Waals surface area contributed by atoms with Crippen molar-refractivity contribution >= 4 is 5.97 Å². The molecule has 2 aromatic carbocycles. The van der Waals surface area contributed by atoms with Gasteiger partial charge in [-0.05, 0) is 103 Å². The standard InChI is InChI=1S/C36H43FN2O4/c1-22(35(40)41)34(24-6-7-24)26-8-5-23-10-12-31(43-32(23)18-26)25-9-11-28(29-19-33(42-4)38-20-30(29)37)27(17-25)21-39-15-13-36(2,3)14-16-39/h5,8-9,11,17-20,22,24,31,34H,6-7,10,12-16,21H2,1-4H3,(H,40,41)/t22-,31-,34-/m0/s1. The largest absolute Gasteiger partial charge is 0.485 e. The van der Waals surface area contributed by atoms with E-state index >= 15 is 4.39 Å². The Morgan fingerprint density at radius 3 is 2.58 bits per heavy atom. The van der Waals surface area contributed by atoms with Crippen LogP contribution in [-0.2, 0) is 17.8 Å². The fourth-order valence-corrected chi connectivity index (χ4v) is 6.91. The third-order valence-electron chi connectivity index (χ3n) is 9.91. The third kappa shape index (κ3) is 6.42.